The van der Waals surface area contributed by atoms with Gasteiger partial charge in [-0.05, 0) is 23.3 Å². The molecule has 1 amide bonds. The van der Waals surface area contributed by atoms with Gasteiger partial charge in [0, 0.05) is 18.1 Å². The summed E-state index contributed by atoms with van der Waals surface area (Å²) in [6.45, 7) is 11.7. The van der Waals surface area contributed by atoms with Gasteiger partial charge in [-0.15, -0.1) is 17.9 Å². The third kappa shape index (κ3) is 6.67. The van der Waals surface area contributed by atoms with Gasteiger partial charge in [0.25, 0.3) is 0 Å². The SMILES string of the molecule is C.C=CCOOC(=O)C(C)C1C(=O)N2C(C(=O)OCC=C)=C(CSc3nc4cc(CCn5cc[n+](C)c5)ccc4s3)[C@H](C)C12. The number of thiazole rings is 1. The second-order valence-corrected chi connectivity index (χ2v) is 12.9. The average molecular weight is 640 g/mol. The van der Waals surface area contributed by atoms with E-state index < -0.39 is 23.8 Å². The number of benzene rings is 1. The second-order valence-electron chi connectivity index (χ2n) is 10.7. The van der Waals surface area contributed by atoms with E-state index in [-0.39, 0.29) is 44.2 Å². The Kier molecular flexibility index (Phi) is 10.8. The van der Waals surface area contributed by atoms with Gasteiger partial charge in [0.1, 0.15) is 31.3 Å². The van der Waals surface area contributed by atoms with Gasteiger partial charge < -0.3 is 9.64 Å². The standard InChI is InChI=1S/C31H35N4O6S2.CH4/c1-6-14-39-30(38)27-22(19(3)26-25(28(36)35(26)27)20(4)29(37)41-40-15-7-2)17-42-31-32-23-16-21(8-9-24(23)43-31)10-11-34-13-12-33(5)18-34;/h6-9,12-13,16,18-20,25-26H,1-2,10-11,14-15,17H2,3-5H3;1H4/q+1;/t19-,20?,25?,26?;/m0./s1. The maximum atomic E-state index is 13.3. The van der Waals surface area contributed by atoms with E-state index in [0.29, 0.717) is 5.75 Å². The molecule has 3 aromatic rings. The van der Waals surface area contributed by atoms with Crippen LogP contribution in [0.3, 0.4) is 0 Å². The molecule has 0 bridgehead atoms. The summed E-state index contributed by atoms with van der Waals surface area (Å²) in [7, 11) is 2.00. The summed E-state index contributed by atoms with van der Waals surface area (Å²) in [6, 6.07) is 6.01. The van der Waals surface area contributed by atoms with E-state index in [2.05, 4.69) is 48.4 Å². The topological polar surface area (TPSA) is 104 Å². The number of ether oxygens (including phenoxy) is 1. The van der Waals surface area contributed by atoms with E-state index in [4.69, 9.17) is 19.5 Å². The van der Waals surface area contributed by atoms with Crippen LogP contribution in [0.1, 0.15) is 26.8 Å². The van der Waals surface area contributed by atoms with Crippen molar-refractivity contribution in [3.63, 3.8) is 0 Å². The molecule has 0 spiro atoms. The Hall–Kier alpha value is -3.74. The van der Waals surface area contributed by atoms with Crippen molar-refractivity contribution in [1.82, 2.24) is 14.5 Å². The minimum absolute atomic E-state index is 0. The van der Waals surface area contributed by atoms with Gasteiger partial charge in [-0.3, -0.25) is 9.68 Å². The van der Waals surface area contributed by atoms with Crippen molar-refractivity contribution < 1.29 is 33.5 Å². The number of carbonyl (C=O) groups excluding carboxylic acids is 3. The van der Waals surface area contributed by atoms with E-state index in [9.17, 15) is 14.4 Å². The molecule has 2 aliphatic rings. The minimum atomic E-state index is -0.753. The van der Waals surface area contributed by atoms with E-state index >= 15 is 0 Å². The molecule has 10 nitrogen and oxygen atoms in total. The first-order valence-electron chi connectivity index (χ1n) is 14.0. The fraction of sp³-hybridized carbons (Fsp3) is 0.406. The Balaban J connectivity index is 0.00000442. The van der Waals surface area contributed by atoms with Crippen LogP contribution in [0.4, 0.5) is 0 Å². The monoisotopic (exact) mass is 639 g/mol. The van der Waals surface area contributed by atoms with Crippen LogP contribution >= 0.6 is 23.1 Å². The van der Waals surface area contributed by atoms with Crippen molar-refractivity contribution in [3.8, 4) is 0 Å². The zero-order valence-corrected chi connectivity index (χ0v) is 26.1. The zero-order chi connectivity index (χ0) is 30.7. The molecule has 0 radical (unpaired) electrons. The predicted molar refractivity (Wildman–Crippen MR) is 169 cm³/mol. The molecule has 4 heterocycles. The lowest BCUT2D eigenvalue weighted by Gasteiger charge is -2.47. The summed E-state index contributed by atoms with van der Waals surface area (Å²) in [4.78, 5) is 55.1. The van der Waals surface area contributed by atoms with Gasteiger partial charge >= 0.3 is 11.9 Å². The summed E-state index contributed by atoms with van der Waals surface area (Å²) in [5, 5.41) is 0. The number of esters is 1. The fourth-order valence-corrected chi connectivity index (χ4v) is 7.81. The number of hydrogen-bond donors (Lipinski definition) is 0. The van der Waals surface area contributed by atoms with Crippen LogP contribution < -0.4 is 4.57 Å². The number of nitrogens with zero attached hydrogens (tertiary/aromatic N) is 4. The van der Waals surface area contributed by atoms with Gasteiger partial charge in [-0.2, -0.15) is 4.89 Å². The Morgan fingerprint density at radius 2 is 2.02 bits per heavy atom. The lowest BCUT2D eigenvalue weighted by atomic mass is 9.74. The van der Waals surface area contributed by atoms with Crippen molar-refractivity contribution in [2.24, 2.45) is 24.8 Å². The minimum Gasteiger partial charge on any atom is -0.457 e. The number of amides is 1. The highest BCUT2D eigenvalue weighted by Gasteiger charge is 2.61. The van der Waals surface area contributed by atoms with Gasteiger partial charge in [-0.1, -0.05) is 57.8 Å². The quantitative estimate of drug-likeness (QED) is 0.0367. The molecule has 1 aromatic carbocycles. The summed E-state index contributed by atoms with van der Waals surface area (Å²) < 4.78 is 11.5. The molecule has 0 N–H and O–H groups in total. The van der Waals surface area contributed by atoms with E-state index in [1.165, 1.54) is 34.4 Å². The summed E-state index contributed by atoms with van der Waals surface area (Å²) in [6.07, 6.45) is 9.96. The molecule has 44 heavy (non-hydrogen) atoms. The fourth-order valence-electron chi connectivity index (χ4n) is 5.61. The lowest BCUT2D eigenvalue weighted by Crippen LogP contribution is -2.63. The van der Waals surface area contributed by atoms with Crippen LogP contribution in [-0.4, -0.2) is 57.3 Å². The molecule has 0 saturated carbocycles. The second kappa shape index (κ2) is 14.4. The van der Waals surface area contributed by atoms with Gasteiger partial charge in [0.2, 0.25) is 12.2 Å². The molecule has 1 saturated heterocycles. The van der Waals surface area contributed by atoms with Crippen molar-refractivity contribution in [2.45, 2.75) is 44.6 Å². The number of fused-ring (bicyclic) bond motifs is 2. The molecule has 2 aliphatic heterocycles. The summed E-state index contributed by atoms with van der Waals surface area (Å²) in [5.74, 6) is -2.65. The highest BCUT2D eigenvalue weighted by atomic mass is 32.2. The largest absolute Gasteiger partial charge is 0.457 e. The third-order valence-corrected chi connectivity index (χ3v) is 10.1. The first-order valence-corrected chi connectivity index (χ1v) is 15.8. The molecule has 0 aliphatic carbocycles. The number of aryl methyl sites for hydroxylation is 3. The molecule has 4 atom stereocenters. The Morgan fingerprint density at radius 3 is 2.73 bits per heavy atom. The molecule has 1 fully saturated rings. The maximum absolute atomic E-state index is 13.3. The van der Waals surface area contributed by atoms with E-state index in [0.717, 1.165) is 33.1 Å². The Morgan fingerprint density at radius 1 is 1.25 bits per heavy atom. The van der Waals surface area contributed by atoms with Gasteiger partial charge in [0.05, 0.1) is 41.7 Å². The van der Waals surface area contributed by atoms with Crippen LogP contribution in [0.25, 0.3) is 10.2 Å². The molecular formula is C32H39N4O6S2+. The molecule has 12 heteroatoms. The maximum Gasteiger partial charge on any atom is 0.355 e. The number of carbonyl (C=O) groups is 3. The average Bonchev–Trinajstić information content (AvgIpc) is 3.67. The van der Waals surface area contributed by atoms with E-state index in [1.54, 1.807) is 18.3 Å². The van der Waals surface area contributed by atoms with Crippen molar-refractivity contribution in [3.05, 3.63) is 79.1 Å². The first kappa shape index (κ1) is 33.2. The van der Waals surface area contributed by atoms with Crippen LogP contribution in [0.5, 0.6) is 0 Å². The van der Waals surface area contributed by atoms with Crippen molar-refractivity contribution in [2.75, 3.05) is 19.0 Å². The predicted octanol–water partition coefficient (Wildman–Crippen LogP) is 4.65. The lowest BCUT2D eigenvalue weighted by molar-refractivity contribution is -0.671. The van der Waals surface area contributed by atoms with Crippen LogP contribution in [0.2, 0.25) is 0 Å². The number of hydrogen-bond acceptors (Lipinski definition) is 9. The van der Waals surface area contributed by atoms with Gasteiger partial charge in [0.15, 0.2) is 4.34 Å². The Bertz CT molecular complexity index is 1590. The van der Waals surface area contributed by atoms with Crippen LogP contribution in [-0.2, 0) is 48.9 Å². The van der Waals surface area contributed by atoms with E-state index in [1.807, 2.05) is 24.7 Å². The number of rotatable bonds is 14. The number of aromatic nitrogens is 3. The first-order chi connectivity index (χ1) is 20.7. The summed E-state index contributed by atoms with van der Waals surface area (Å²) >= 11 is 3.13. The molecule has 234 valence electrons. The normalized spacial score (nSPS) is 19.7. The highest BCUT2D eigenvalue weighted by Crippen LogP contribution is 2.50. The van der Waals surface area contributed by atoms with Gasteiger partial charge in [-0.25, -0.2) is 23.7 Å². The summed E-state index contributed by atoms with van der Waals surface area (Å²) in [5.41, 5.74) is 3.19. The molecule has 2 aromatic heterocycles. The molecular weight excluding hydrogens is 601 g/mol. The highest BCUT2D eigenvalue weighted by molar-refractivity contribution is 8.01. The number of imidazole rings is 1. The molecule has 3 unspecified atom stereocenters. The van der Waals surface area contributed by atoms with Crippen molar-refractivity contribution >= 4 is 51.2 Å². The zero-order valence-electron chi connectivity index (χ0n) is 24.4. The number of thioether (sulfide) groups is 1. The Labute approximate surface area is 265 Å². The van der Waals surface area contributed by atoms with Crippen LogP contribution in [0, 0.1) is 17.8 Å². The number of β-lactam (4-membered cyclic amide) rings is 1. The van der Waals surface area contributed by atoms with Crippen molar-refractivity contribution in [1.29, 1.82) is 0 Å². The van der Waals surface area contributed by atoms with Crippen LogP contribution in [0.15, 0.2) is 77.8 Å². The third-order valence-electron chi connectivity index (χ3n) is 7.82. The molecule has 5 rings (SSSR count). The smallest absolute Gasteiger partial charge is 0.355 e.